The van der Waals surface area contributed by atoms with E-state index in [0.29, 0.717) is 48.1 Å². The fourth-order valence-corrected chi connectivity index (χ4v) is 5.14. The molecule has 0 aliphatic carbocycles. The Balaban J connectivity index is 1.48. The van der Waals surface area contributed by atoms with Crippen molar-refractivity contribution in [3.63, 3.8) is 0 Å². The highest BCUT2D eigenvalue weighted by atomic mass is 19.1. The molecule has 6 rings (SSSR count). The molecule has 2 aliphatic rings. The fourth-order valence-electron chi connectivity index (χ4n) is 5.14. The number of aryl methyl sites for hydroxylation is 1. The van der Waals surface area contributed by atoms with E-state index in [-0.39, 0.29) is 23.4 Å². The van der Waals surface area contributed by atoms with Gasteiger partial charge in [0, 0.05) is 55.5 Å². The van der Waals surface area contributed by atoms with Crippen molar-refractivity contribution in [1.29, 1.82) is 0 Å². The largest absolute Gasteiger partial charge is 0.470 e. The van der Waals surface area contributed by atoms with Gasteiger partial charge >= 0.3 is 0 Å². The van der Waals surface area contributed by atoms with Crippen molar-refractivity contribution in [2.45, 2.75) is 31.9 Å². The summed E-state index contributed by atoms with van der Waals surface area (Å²) < 4.78 is 31.1. The number of carbonyl (C=O) groups is 1. The Morgan fingerprint density at radius 3 is 2.76 bits per heavy atom. The van der Waals surface area contributed by atoms with Gasteiger partial charge in [0.25, 0.3) is 5.91 Å². The second kappa shape index (κ2) is 10.1. The molecule has 2 fully saturated rings. The van der Waals surface area contributed by atoms with Crippen molar-refractivity contribution in [1.82, 2.24) is 34.6 Å². The van der Waals surface area contributed by atoms with Crippen LogP contribution in [-0.4, -0.2) is 74.6 Å². The minimum Gasteiger partial charge on any atom is -0.470 e. The van der Waals surface area contributed by atoms with E-state index in [1.165, 1.54) is 0 Å². The van der Waals surface area contributed by atoms with Gasteiger partial charge in [0.1, 0.15) is 11.9 Å². The number of halogens is 1. The van der Waals surface area contributed by atoms with E-state index in [1.54, 1.807) is 40.8 Å². The molecule has 2 saturated heterocycles. The van der Waals surface area contributed by atoms with Crippen LogP contribution in [0.25, 0.3) is 28.0 Å². The van der Waals surface area contributed by atoms with Crippen LogP contribution in [0.5, 0.6) is 5.88 Å². The van der Waals surface area contributed by atoms with Gasteiger partial charge in [-0.15, -0.1) is 5.10 Å². The summed E-state index contributed by atoms with van der Waals surface area (Å²) in [5.41, 5.74) is 3.68. The summed E-state index contributed by atoms with van der Waals surface area (Å²) in [7, 11) is 3.41. The molecule has 5 heterocycles. The van der Waals surface area contributed by atoms with Gasteiger partial charge in [-0.25, -0.2) is 13.9 Å². The summed E-state index contributed by atoms with van der Waals surface area (Å²) >= 11 is 0. The summed E-state index contributed by atoms with van der Waals surface area (Å²) in [5, 5.41) is 11.7. The van der Waals surface area contributed by atoms with E-state index in [9.17, 15) is 4.79 Å². The fraction of sp³-hybridized carbons (Fsp3) is 0.407. The molecule has 198 valence electrons. The molecule has 2 aliphatic heterocycles. The highest BCUT2D eigenvalue weighted by Crippen LogP contribution is 2.34. The molecule has 1 atom stereocenters. The summed E-state index contributed by atoms with van der Waals surface area (Å²) in [6.07, 6.45) is 8.01. The van der Waals surface area contributed by atoms with E-state index >= 15 is 4.39 Å². The van der Waals surface area contributed by atoms with Crippen molar-refractivity contribution in [2.24, 2.45) is 7.05 Å². The Labute approximate surface area is 219 Å². The van der Waals surface area contributed by atoms with Crippen LogP contribution in [0.4, 0.5) is 4.39 Å². The third-order valence-electron chi connectivity index (χ3n) is 7.15. The molecule has 0 saturated carbocycles. The normalized spacial score (nSPS) is 17.9. The lowest BCUT2D eigenvalue weighted by Crippen LogP contribution is -2.22. The smallest absolute Gasteiger partial charge is 0.251 e. The molecule has 0 unspecified atom stereocenters. The van der Waals surface area contributed by atoms with Crippen molar-refractivity contribution < 1.29 is 18.7 Å². The van der Waals surface area contributed by atoms with Crippen molar-refractivity contribution >= 4 is 11.6 Å². The number of nitrogens with one attached hydrogen (secondary N) is 1. The molecule has 3 aromatic heterocycles. The zero-order valence-electron chi connectivity index (χ0n) is 21.5. The first-order valence-electron chi connectivity index (χ1n) is 12.9. The Morgan fingerprint density at radius 2 is 2.05 bits per heavy atom. The maximum absolute atomic E-state index is 16.1. The zero-order chi connectivity index (χ0) is 26.2. The predicted octanol–water partition coefficient (Wildman–Crippen LogP) is 3.06. The predicted molar refractivity (Wildman–Crippen MR) is 138 cm³/mol. The molecule has 38 heavy (non-hydrogen) atoms. The third-order valence-corrected chi connectivity index (χ3v) is 7.15. The molecule has 1 N–H and O–H groups in total. The lowest BCUT2D eigenvalue weighted by Gasteiger charge is -2.18. The number of rotatable bonds is 7. The average Bonchev–Trinajstić information content (AvgIpc) is 3.73. The number of ether oxygens (including phenoxy) is 2. The van der Waals surface area contributed by atoms with Crippen LogP contribution in [0.1, 0.15) is 35.2 Å². The van der Waals surface area contributed by atoms with Crippen LogP contribution in [0, 0.1) is 5.82 Å². The van der Waals surface area contributed by atoms with Crippen molar-refractivity contribution in [3.05, 3.63) is 53.7 Å². The number of hydrogen-bond acceptors (Lipinski definition) is 7. The van der Waals surface area contributed by atoms with Crippen LogP contribution in [-0.2, 0) is 18.3 Å². The Hall–Kier alpha value is -3.83. The monoisotopic (exact) mass is 519 g/mol. The lowest BCUT2D eigenvalue weighted by molar-refractivity contribution is 0.0963. The number of benzene rings is 1. The Kier molecular flexibility index (Phi) is 6.54. The molecule has 0 spiro atoms. The lowest BCUT2D eigenvalue weighted by atomic mass is 10.0. The van der Waals surface area contributed by atoms with Gasteiger partial charge in [-0.1, -0.05) is 0 Å². The summed E-state index contributed by atoms with van der Waals surface area (Å²) in [6.45, 7) is 3.38. The van der Waals surface area contributed by atoms with Gasteiger partial charge in [-0.3, -0.25) is 14.4 Å². The quantitative estimate of drug-likeness (QED) is 0.401. The number of likely N-dealkylation sites (tertiary alicyclic amines) is 1. The van der Waals surface area contributed by atoms with Crippen LogP contribution >= 0.6 is 0 Å². The summed E-state index contributed by atoms with van der Waals surface area (Å²) in [5.74, 6) is -0.267. The van der Waals surface area contributed by atoms with Crippen molar-refractivity contribution in [2.75, 3.05) is 33.4 Å². The first-order valence-corrected chi connectivity index (χ1v) is 12.9. The van der Waals surface area contributed by atoms with Crippen LogP contribution < -0.4 is 10.1 Å². The van der Waals surface area contributed by atoms with Gasteiger partial charge in [0.05, 0.1) is 36.9 Å². The van der Waals surface area contributed by atoms with Crippen LogP contribution in [0.2, 0.25) is 0 Å². The van der Waals surface area contributed by atoms with Gasteiger partial charge < -0.3 is 14.8 Å². The van der Waals surface area contributed by atoms with Gasteiger partial charge in [0.15, 0.2) is 5.65 Å². The van der Waals surface area contributed by atoms with Gasteiger partial charge in [0.2, 0.25) is 5.88 Å². The molecule has 10 nitrogen and oxygen atoms in total. The highest BCUT2D eigenvalue weighted by Gasteiger charge is 2.25. The Morgan fingerprint density at radius 1 is 1.21 bits per heavy atom. The van der Waals surface area contributed by atoms with Crippen LogP contribution in [0.3, 0.4) is 0 Å². The number of amides is 1. The van der Waals surface area contributed by atoms with E-state index in [4.69, 9.17) is 14.6 Å². The van der Waals surface area contributed by atoms with Gasteiger partial charge in [-0.2, -0.15) is 5.10 Å². The molecule has 0 bridgehead atoms. The maximum Gasteiger partial charge on any atom is 0.251 e. The number of imidazole rings is 1. The number of aromatic nitrogens is 5. The molecular weight excluding hydrogens is 489 g/mol. The van der Waals surface area contributed by atoms with E-state index in [0.717, 1.165) is 43.5 Å². The number of hydrogen-bond donors (Lipinski definition) is 1. The van der Waals surface area contributed by atoms with Crippen LogP contribution in [0.15, 0.2) is 36.8 Å². The Bertz CT molecular complexity index is 1490. The second-order valence-corrected chi connectivity index (χ2v) is 9.84. The topological polar surface area (TPSA) is 98.8 Å². The molecule has 0 radical (unpaired) electrons. The van der Waals surface area contributed by atoms with E-state index < -0.39 is 0 Å². The third kappa shape index (κ3) is 4.63. The van der Waals surface area contributed by atoms with E-state index in [1.807, 2.05) is 19.3 Å². The SMILES string of the molecule is CNC(=O)c1cc(CN2CCCC2)c(F)c(-c2cnc3cc(-c4cnn(C)c4)c(O[C@H]4CCOC4)nn23)c1. The minimum absolute atomic E-state index is 0.136. The number of carbonyl (C=O) groups excluding carboxylic acids is 1. The summed E-state index contributed by atoms with van der Waals surface area (Å²) in [6, 6.07) is 5.07. The minimum atomic E-state index is -0.379. The summed E-state index contributed by atoms with van der Waals surface area (Å²) in [4.78, 5) is 19.4. The second-order valence-electron chi connectivity index (χ2n) is 9.84. The first-order chi connectivity index (χ1) is 18.5. The standard InChI is InChI=1S/C27H30FN7O3/c1-29-26(36)17-9-18(15-34-6-3-4-7-34)25(28)22(10-17)23-13-30-24-11-21(19-12-31-33(2)14-19)27(32-35(23)24)38-20-5-8-37-16-20/h9-14,20H,3-8,15-16H2,1-2H3,(H,29,36)/t20-/m0/s1. The van der Waals surface area contributed by atoms with Crippen molar-refractivity contribution in [3.8, 4) is 28.3 Å². The molecule has 1 amide bonds. The van der Waals surface area contributed by atoms with Gasteiger partial charge in [-0.05, 0) is 44.1 Å². The highest BCUT2D eigenvalue weighted by molar-refractivity contribution is 5.95. The van der Waals surface area contributed by atoms with E-state index in [2.05, 4.69) is 20.3 Å². The molecule has 11 heteroatoms. The number of fused-ring (bicyclic) bond motifs is 1. The zero-order valence-corrected chi connectivity index (χ0v) is 21.5. The number of nitrogens with zero attached hydrogens (tertiary/aromatic N) is 6. The molecule has 4 aromatic rings. The molecular formula is C27H30FN7O3. The average molecular weight is 520 g/mol. The first kappa shape index (κ1) is 24.5. The maximum atomic E-state index is 16.1. The molecule has 1 aromatic carbocycles.